The fourth-order valence-electron chi connectivity index (χ4n) is 1.04. The summed E-state index contributed by atoms with van der Waals surface area (Å²) in [6.07, 6.45) is -0.949. The average Bonchev–Trinajstić information content (AvgIpc) is 2.18. The van der Waals surface area contributed by atoms with Crippen molar-refractivity contribution in [3.63, 3.8) is 0 Å². The predicted molar refractivity (Wildman–Crippen MR) is 55.9 cm³/mol. The predicted octanol–water partition coefficient (Wildman–Crippen LogP) is 1.64. The van der Waals surface area contributed by atoms with Gasteiger partial charge in [0.1, 0.15) is 6.10 Å². The average molecular weight is 193 g/mol. The Kier molecular flexibility index (Phi) is 3.65. The zero-order valence-electron chi connectivity index (χ0n) is 8.40. The number of nitrogens with one attached hydrogen (secondary N) is 1. The third-order valence-corrected chi connectivity index (χ3v) is 1.94. The van der Waals surface area contributed by atoms with Crippen molar-refractivity contribution in [2.24, 2.45) is 5.92 Å². The molecule has 0 bridgehead atoms. The van der Waals surface area contributed by atoms with Crippen LogP contribution in [-0.2, 0) is 4.79 Å². The lowest BCUT2D eigenvalue weighted by Crippen LogP contribution is -2.31. The van der Waals surface area contributed by atoms with Crippen LogP contribution in [0.15, 0.2) is 30.3 Å². The summed E-state index contributed by atoms with van der Waals surface area (Å²) < 4.78 is 0. The monoisotopic (exact) mass is 193 g/mol. The quantitative estimate of drug-likeness (QED) is 0.766. The first-order chi connectivity index (χ1) is 6.61. The van der Waals surface area contributed by atoms with E-state index in [1.165, 1.54) is 0 Å². The summed E-state index contributed by atoms with van der Waals surface area (Å²) in [6, 6.07) is 9.10. The number of aliphatic hydroxyl groups excluding tert-OH is 1. The van der Waals surface area contributed by atoms with Crippen LogP contribution in [0.2, 0.25) is 0 Å². The molecule has 0 heterocycles. The van der Waals surface area contributed by atoms with Crippen LogP contribution < -0.4 is 5.32 Å². The summed E-state index contributed by atoms with van der Waals surface area (Å²) in [5.41, 5.74) is 0.706. The molecule has 0 aliphatic carbocycles. The minimum Gasteiger partial charge on any atom is -0.383 e. The van der Waals surface area contributed by atoms with E-state index in [9.17, 15) is 9.90 Å². The van der Waals surface area contributed by atoms with E-state index in [4.69, 9.17) is 0 Å². The number of anilines is 1. The Labute approximate surface area is 83.8 Å². The zero-order chi connectivity index (χ0) is 10.6. The maximum Gasteiger partial charge on any atom is 0.253 e. The summed E-state index contributed by atoms with van der Waals surface area (Å²) in [6.45, 7) is 3.60. The van der Waals surface area contributed by atoms with Crippen LogP contribution in [0.25, 0.3) is 0 Å². The second-order valence-electron chi connectivity index (χ2n) is 3.54. The van der Waals surface area contributed by atoms with E-state index in [1.54, 1.807) is 26.0 Å². The molecule has 1 aromatic carbocycles. The molecule has 0 radical (unpaired) electrons. The van der Waals surface area contributed by atoms with Gasteiger partial charge in [0.2, 0.25) is 0 Å². The molecule has 1 atom stereocenters. The number of benzene rings is 1. The molecule has 1 amide bonds. The van der Waals surface area contributed by atoms with Crippen LogP contribution in [0.5, 0.6) is 0 Å². The highest BCUT2D eigenvalue weighted by Crippen LogP contribution is 2.08. The van der Waals surface area contributed by atoms with Crippen molar-refractivity contribution in [1.82, 2.24) is 0 Å². The van der Waals surface area contributed by atoms with Crippen molar-refractivity contribution in [2.45, 2.75) is 20.0 Å². The molecule has 2 N–H and O–H groups in total. The van der Waals surface area contributed by atoms with Crippen molar-refractivity contribution in [3.8, 4) is 0 Å². The lowest BCUT2D eigenvalue weighted by molar-refractivity contribution is -0.125. The first-order valence-electron chi connectivity index (χ1n) is 4.65. The van der Waals surface area contributed by atoms with Gasteiger partial charge in [-0.3, -0.25) is 4.79 Å². The highest BCUT2D eigenvalue weighted by atomic mass is 16.3. The van der Waals surface area contributed by atoms with Gasteiger partial charge in [-0.05, 0) is 18.1 Å². The molecule has 0 aliphatic rings. The smallest absolute Gasteiger partial charge is 0.253 e. The van der Waals surface area contributed by atoms with Gasteiger partial charge in [0, 0.05) is 5.69 Å². The van der Waals surface area contributed by atoms with Crippen molar-refractivity contribution < 1.29 is 9.90 Å². The summed E-state index contributed by atoms with van der Waals surface area (Å²) in [5, 5.41) is 12.1. The minimum absolute atomic E-state index is 0.0706. The zero-order valence-corrected chi connectivity index (χ0v) is 8.40. The lowest BCUT2D eigenvalue weighted by Gasteiger charge is -2.13. The highest BCUT2D eigenvalue weighted by molar-refractivity contribution is 5.94. The molecule has 3 nitrogen and oxygen atoms in total. The Bertz CT molecular complexity index is 295. The first kappa shape index (κ1) is 10.7. The molecule has 0 aliphatic heterocycles. The number of hydrogen-bond acceptors (Lipinski definition) is 2. The van der Waals surface area contributed by atoms with E-state index in [2.05, 4.69) is 5.32 Å². The first-order valence-corrected chi connectivity index (χ1v) is 4.65. The molecule has 0 spiro atoms. The van der Waals surface area contributed by atoms with Crippen LogP contribution >= 0.6 is 0 Å². The summed E-state index contributed by atoms with van der Waals surface area (Å²) in [7, 11) is 0. The minimum atomic E-state index is -0.949. The molecular formula is C11H15NO2. The molecule has 0 unspecified atom stereocenters. The topological polar surface area (TPSA) is 49.3 Å². The molecule has 0 fully saturated rings. The maximum absolute atomic E-state index is 11.4. The standard InChI is InChI=1S/C11H15NO2/c1-8(2)10(13)11(14)12-9-6-4-3-5-7-9/h3-8,10,13H,1-2H3,(H,12,14)/t10-/m0/s1. The van der Waals surface area contributed by atoms with Gasteiger partial charge in [-0.25, -0.2) is 0 Å². The number of aliphatic hydroxyl groups is 1. The van der Waals surface area contributed by atoms with E-state index in [1.807, 2.05) is 18.2 Å². The van der Waals surface area contributed by atoms with Gasteiger partial charge in [0.05, 0.1) is 0 Å². The van der Waals surface area contributed by atoms with Crippen LogP contribution in [0.1, 0.15) is 13.8 Å². The molecule has 14 heavy (non-hydrogen) atoms. The normalized spacial score (nSPS) is 12.6. The summed E-state index contributed by atoms with van der Waals surface area (Å²) >= 11 is 0. The van der Waals surface area contributed by atoms with Crippen molar-refractivity contribution in [2.75, 3.05) is 5.32 Å². The van der Waals surface area contributed by atoms with Gasteiger partial charge < -0.3 is 10.4 Å². The van der Waals surface area contributed by atoms with Gasteiger partial charge in [-0.1, -0.05) is 32.0 Å². The Morgan fingerprint density at radius 2 is 1.86 bits per heavy atom. The summed E-state index contributed by atoms with van der Waals surface area (Å²) in [5.74, 6) is -0.426. The van der Waals surface area contributed by atoms with Gasteiger partial charge in [-0.15, -0.1) is 0 Å². The van der Waals surface area contributed by atoms with E-state index in [0.717, 1.165) is 0 Å². The lowest BCUT2D eigenvalue weighted by atomic mass is 10.1. The molecule has 0 saturated heterocycles. The summed E-state index contributed by atoms with van der Waals surface area (Å²) in [4.78, 5) is 11.4. The number of rotatable bonds is 3. The van der Waals surface area contributed by atoms with Crippen LogP contribution in [-0.4, -0.2) is 17.1 Å². The Balaban J connectivity index is 2.58. The maximum atomic E-state index is 11.4. The second-order valence-corrected chi connectivity index (χ2v) is 3.54. The van der Waals surface area contributed by atoms with Crippen LogP contribution in [0, 0.1) is 5.92 Å². The second kappa shape index (κ2) is 4.77. The molecule has 1 aromatic rings. The fourth-order valence-corrected chi connectivity index (χ4v) is 1.04. The van der Waals surface area contributed by atoms with Crippen LogP contribution in [0.4, 0.5) is 5.69 Å². The fraction of sp³-hybridized carbons (Fsp3) is 0.364. The highest BCUT2D eigenvalue weighted by Gasteiger charge is 2.18. The van der Waals surface area contributed by atoms with Gasteiger partial charge in [0.15, 0.2) is 0 Å². The Hall–Kier alpha value is -1.35. The molecule has 3 heteroatoms. The number of hydrogen-bond donors (Lipinski definition) is 2. The van der Waals surface area contributed by atoms with E-state index in [0.29, 0.717) is 5.69 Å². The van der Waals surface area contributed by atoms with Gasteiger partial charge in [0.25, 0.3) is 5.91 Å². The largest absolute Gasteiger partial charge is 0.383 e. The number of carbonyl (C=O) groups excluding carboxylic acids is 1. The Morgan fingerprint density at radius 1 is 1.29 bits per heavy atom. The third-order valence-electron chi connectivity index (χ3n) is 1.94. The molecule has 0 saturated carbocycles. The SMILES string of the molecule is CC(C)[C@H](O)C(=O)Nc1ccccc1. The van der Waals surface area contributed by atoms with Gasteiger partial charge in [-0.2, -0.15) is 0 Å². The number of para-hydroxylation sites is 1. The molecular weight excluding hydrogens is 178 g/mol. The molecule has 0 aromatic heterocycles. The Morgan fingerprint density at radius 3 is 2.36 bits per heavy atom. The van der Waals surface area contributed by atoms with E-state index in [-0.39, 0.29) is 11.8 Å². The van der Waals surface area contributed by atoms with Crippen molar-refractivity contribution in [3.05, 3.63) is 30.3 Å². The number of carbonyl (C=O) groups is 1. The molecule has 76 valence electrons. The number of amides is 1. The van der Waals surface area contributed by atoms with Crippen molar-refractivity contribution >= 4 is 11.6 Å². The third kappa shape index (κ3) is 2.85. The van der Waals surface area contributed by atoms with Crippen molar-refractivity contribution in [1.29, 1.82) is 0 Å². The van der Waals surface area contributed by atoms with Gasteiger partial charge >= 0.3 is 0 Å². The van der Waals surface area contributed by atoms with E-state index >= 15 is 0 Å². The molecule has 1 rings (SSSR count). The van der Waals surface area contributed by atoms with Crippen LogP contribution in [0.3, 0.4) is 0 Å². The van der Waals surface area contributed by atoms with E-state index < -0.39 is 6.10 Å².